The molecular formula is C12H25NO3. The van der Waals surface area contributed by atoms with Crippen molar-refractivity contribution in [2.45, 2.75) is 57.6 Å². The van der Waals surface area contributed by atoms with Gasteiger partial charge in [0.1, 0.15) is 0 Å². The lowest BCUT2D eigenvalue weighted by atomic mass is 9.81. The molecule has 1 aliphatic rings. The van der Waals surface area contributed by atoms with Crippen molar-refractivity contribution in [1.29, 1.82) is 0 Å². The van der Waals surface area contributed by atoms with E-state index >= 15 is 0 Å². The molecule has 1 heterocycles. The fourth-order valence-corrected chi connectivity index (χ4v) is 2.80. The third-order valence-corrected chi connectivity index (χ3v) is 3.39. The number of ether oxygens (including phenoxy) is 3. The predicted octanol–water partition coefficient (Wildman–Crippen LogP) is 1.53. The van der Waals surface area contributed by atoms with E-state index in [1.807, 2.05) is 0 Å². The highest BCUT2D eigenvalue weighted by Gasteiger charge is 2.49. The Morgan fingerprint density at radius 2 is 1.69 bits per heavy atom. The van der Waals surface area contributed by atoms with Crippen LogP contribution in [0.4, 0.5) is 0 Å². The van der Waals surface area contributed by atoms with Gasteiger partial charge in [-0.3, -0.25) is 0 Å². The zero-order valence-corrected chi connectivity index (χ0v) is 11.2. The van der Waals surface area contributed by atoms with Gasteiger partial charge < -0.3 is 19.9 Å². The molecule has 4 heteroatoms. The lowest BCUT2D eigenvalue weighted by Crippen LogP contribution is -2.49. The maximum atomic E-state index is 6.21. The smallest absolute Gasteiger partial charge is 0.172 e. The first-order chi connectivity index (χ1) is 7.23. The van der Waals surface area contributed by atoms with Crippen LogP contribution in [-0.2, 0) is 14.2 Å². The molecule has 0 bridgehead atoms. The standard InChI is InChI=1S/C12H25NO3/c1-11(2)7-8(12(3,4)16-11)9(13)10(14-5)15-6/h8-10H,7,13H2,1-6H3. The summed E-state index contributed by atoms with van der Waals surface area (Å²) in [6.45, 7) is 8.34. The first kappa shape index (κ1) is 13.9. The summed E-state index contributed by atoms with van der Waals surface area (Å²) in [6, 6.07) is -0.174. The molecule has 4 nitrogen and oxygen atoms in total. The zero-order valence-electron chi connectivity index (χ0n) is 11.2. The van der Waals surface area contributed by atoms with Gasteiger partial charge in [-0.15, -0.1) is 0 Å². The summed E-state index contributed by atoms with van der Waals surface area (Å²) < 4.78 is 16.5. The maximum Gasteiger partial charge on any atom is 0.172 e. The van der Waals surface area contributed by atoms with Crippen molar-refractivity contribution in [2.75, 3.05) is 14.2 Å². The van der Waals surface area contributed by atoms with Gasteiger partial charge in [0.15, 0.2) is 6.29 Å². The second-order valence-corrected chi connectivity index (χ2v) is 5.69. The van der Waals surface area contributed by atoms with E-state index in [0.717, 1.165) is 6.42 Å². The minimum Gasteiger partial charge on any atom is -0.369 e. The lowest BCUT2D eigenvalue weighted by Gasteiger charge is -2.33. The van der Waals surface area contributed by atoms with Crippen LogP contribution in [0.5, 0.6) is 0 Å². The molecule has 2 N–H and O–H groups in total. The minimum atomic E-state index is -0.373. The third-order valence-electron chi connectivity index (χ3n) is 3.39. The van der Waals surface area contributed by atoms with Crippen molar-refractivity contribution >= 4 is 0 Å². The zero-order chi connectivity index (χ0) is 12.6. The molecule has 0 aliphatic carbocycles. The Morgan fingerprint density at radius 3 is 2.00 bits per heavy atom. The van der Waals surface area contributed by atoms with Crippen LogP contribution < -0.4 is 5.73 Å². The Labute approximate surface area is 98.4 Å². The molecule has 0 aromatic carbocycles. The summed E-state index contributed by atoms with van der Waals surface area (Å²) >= 11 is 0. The van der Waals surface area contributed by atoms with E-state index in [1.54, 1.807) is 14.2 Å². The van der Waals surface area contributed by atoms with Gasteiger partial charge in [-0.25, -0.2) is 0 Å². The van der Waals surface area contributed by atoms with Crippen molar-refractivity contribution in [1.82, 2.24) is 0 Å². The van der Waals surface area contributed by atoms with Crippen LogP contribution in [0, 0.1) is 5.92 Å². The molecule has 1 fully saturated rings. The van der Waals surface area contributed by atoms with Crippen LogP contribution in [0.25, 0.3) is 0 Å². The van der Waals surface area contributed by atoms with Crippen LogP contribution in [-0.4, -0.2) is 37.8 Å². The van der Waals surface area contributed by atoms with Crippen LogP contribution in [0.15, 0.2) is 0 Å². The lowest BCUT2D eigenvalue weighted by molar-refractivity contribution is -0.140. The van der Waals surface area contributed by atoms with Gasteiger partial charge in [-0.05, 0) is 34.1 Å². The molecule has 1 saturated heterocycles. The van der Waals surface area contributed by atoms with Crippen molar-refractivity contribution in [2.24, 2.45) is 11.7 Å². The van der Waals surface area contributed by atoms with E-state index in [2.05, 4.69) is 27.7 Å². The SMILES string of the molecule is COC(OC)C(N)C1CC(C)(C)OC1(C)C. The van der Waals surface area contributed by atoms with Crippen molar-refractivity contribution < 1.29 is 14.2 Å². The van der Waals surface area contributed by atoms with Gasteiger partial charge in [0.25, 0.3) is 0 Å². The van der Waals surface area contributed by atoms with Crippen molar-refractivity contribution in [3.63, 3.8) is 0 Å². The monoisotopic (exact) mass is 231 g/mol. The highest BCUT2D eigenvalue weighted by Crippen LogP contribution is 2.43. The Morgan fingerprint density at radius 1 is 1.19 bits per heavy atom. The quantitative estimate of drug-likeness (QED) is 0.745. The van der Waals surface area contributed by atoms with E-state index in [0.29, 0.717) is 0 Å². The van der Waals surface area contributed by atoms with E-state index in [1.165, 1.54) is 0 Å². The summed E-state index contributed by atoms with van der Waals surface area (Å²) in [5.74, 6) is 0.229. The Balaban J connectivity index is 2.80. The average Bonchev–Trinajstić information content (AvgIpc) is 2.36. The largest absolute Gasteiger partial charge is 0.369 e. The number of nitrogens with two attached hydrogens (primary N) is 1. The van der Waals surface area contributed by atoms with E-state index < -0.39 is 0 Å². The van der Waals surface area contributed by atoms with Crippen LogP contribution in [0.2, 0.25) is 0 Å². The minimum absolute atomic E-state index is 0.127. The van der Waals surface area contributed by atoms with Gasteiger partial charge in [-0.1, -0.05) is 0 Å². The first-order valence-corrected chi connectivity index (χ1v) is 5.75. The third kappa shape index (κ3) is 2.74. The molecule has 1 rings (SSSR count). The molecule has 0 spiro atoms. The van der Waals surface area contributed by atoms with Crippen molar-refractivity contribution in [3.05, 3.63) is 0 Å². The number of methoxy groups -OCH3 is 2. The Bertz CT molecular complexity index is 236. The first-order valence-electron chi connectivity index (χ1n) is 5.75. The van der Waals surface area contributed by atoms with Gasteiger partial charge in [0, 0.05) is 20.1 Å². The Hall–Kier alpha value is -0.160. The van der Waals surface area contributed by atoms with Crippen LogP contribution >= 0.6 is 0 Å². The summed E-state index contributed by atoms with van der Waals surface area (Å²) in [5.41, 5.74) is 5.85. The highest BCUT2D eigenvalue weighted by atomic mass is 16.7. The molecule has 2 unspecified atom stereocenters. The maximum absolute atomic E-state index is 6.21. The molecule has 0 aromatic rings. The number of hydrogen-bond acceptors (Lipinski definition) is 4. The number of rotatable bonds is 4. The highest BCUT2D eigenvalue weighted by molar-refractivity contribution is 4.99. The molecule has 0 radical (unpaired) electrons. The van der Waals surface area contributed by atoms with E-state index in [9.17, 15) is 0 Å². The predicted molar refractivity (Wildman–Crippen MR) is 63.1 cm³/mol. The second-order valence-electron chi connectivity index (χ2n) is 5.69. The molecule has 1 aliphatic heterocycles. The van der Waals surface area contributed by atoms with Gasteiger partial charge in [-0.2, -0.15) is 0 Å². The average molecular weight is 231 g/mol. The second kappa shape index (κ2) is 4.61. The van der Waals surface area contributed by atoms with E-state index in [-0.39, 0.29) is 29.5 Å². The fraction of sp³-hybridized carbons (Fsp3) is 1.00. The van der Waals surface area contributed by atoms with E-state index in [4.69, 9.17) is 19.9 Å². The van der Waals surface area contributed by atoms with Gasteiger partial charge >= 0.3 is 0 Å². The summed E-state index contributed by atoms with van der Waals surface area (Å²) in [5, 5.41) is 0. The Kier molecular flexibility index (Phi) is 4.00. The van der Waals surface area contributed by atoms with Crippen molar-refractivity contribution in [3.8, 4) is 0 Å². The molecule has 0 saturated carbocycles. The molecule has 2 atom stereocenters. The molecule has 96 valence electrons. The topological polar surface area (TPSA) is 53.7 Å². The summed E-state index contributed by atoms with van der Waals surface area (Å²) in [4.78, 5) is 0. The molecule has 0 aromatic heterocycles. The fourth-order valence-electron chi connectivity index (χ4n) is 2.80. The van der Waals surface area contributed by atoms with Crippen LogP contribution in [0.3, 0.4) is 0 Å². The normalized spacial score (nSPS) is 29.6. The molecular weight excluding hydrogens is 206 g/mol. The van der Waals surface area contributed by atoms with Gasteiger partial charge in [0.2, 0.25) is 0 Å². The molecule has 0 amide bonds. The summed E-state index contributed by atoms with van der Waals surface area (Å²) in [6.07, 6.45) is 0.548. The number of hydrogen-bond donors (Lipinski definition) is 1. The van der Waals surface area contributed by atoms with Crippen LogP contribution in [0.1, 0.15) is 34.1 Å². The summed E-state index contributed by atoms with van der Waals surface area (Å²) in [7, 11) is 3.23. The van der Waals surface area contributed by atoms with Gasteiger partial charge in [0.05, 0.1) is 17.2 Å². The molecule has 16 heavy (non-hydrogen) atoms.